The lowest BCUT2D eigenvalue weighted by molar-refractivity contribution is 0.448. The summed E-state index contributed by atoms with van der Waals surface area (Å²) in [7, 11) is 1.89. The Hall–Kier alpha value is -0.960. The van der Waals surface area contributed by atoms with E-state index >= 15 is 0 Å². The van der Waals surface area contributed by atoms with Crippen molar-refractivity contribution in [3.05, 3.63) is 35.4 Å². The molecule has 1 aliphatic carbocycles. The van der Waals surface area contributed by atoms with Crippen LogP contribution in [0.4, 0.5) is 8.78 Å². The molecule has 0 heterocycles. The number of halogens is 2. The summed E-state index contributed by atoms with van der Waals surface area (Å²) in [6, 6.07) is 4.41. The molecule has 0 atom stereocenters. The molecule has 2 rings (SSSR count). The second kappa shape index (κ2) is 3.89. The Morgan fingerprint density at radius 1 is 1.33 bits per heavy atom. The maximum atomic E-state index is 13.4. The summed E-state index contributed by atoms with van der Waals surface area (Å²) in [5.41, 5.74) is 0.673. The standard InChI is InChI=1S/C12H15F2N/c1-15-8-12(5-6-12)7-9-3-2-4-10(13)11(9)14/h2-4,15H,5-8H2,1H3. The van der Waals surface area contributed by atoms with Crippen LogP contribution in [-0.4, -0.2) is 13.6 Å². The monoisotopic (exact) mass is 211 g/mol. The van der Waals surface area contributed by atoms with E-state index in [1.807, 2.05) is 7.05 Å². The topological polar surface area (TPSA) is 12.0 Å². The van der Waals surface area contributed by atoms with Crippen LogP contribution >= 0.6 is 0 Å². The Morgan fingerprint density at radius 2 is 2.07 bits per heavy atom. The average Bonchev–Trinajstić information content (AvgIpc) is 2.94. The third-order valence-electron chi connectivity index (χ3n) is 3.11. The highest BCUT2D eigenvalue weighted by molar-refractivity contribution is 5.22. The van der Waals surface area contributed by atoms with E-state index in [-0.39, 0.29) is 5.41 Å². The molecule has 0 radical (unpaired) electrons. The van der Waals surface area contributed by atoms with Crippen LogP contribution < -0.4 is 5.32 Å². The highest BCUT2D eigenvalue weighted by atomic mass is 19.2. The van der Waals surface area contributed by atoms with Crippen molar-refractivity contribution in [1.29, 1.82) is 0 Å². The van der Waals surface area contributed by atoms with Gasteiger partial charge in [0, 0.05) is 6.54 Å². The van der Waals surface area contributed by atoms with Crippen LogP contribution in [0.3, 0.4) is 0 Å². The second-order valence-electron chi connectivity index (χ2n) is 4.42. The molecule has 15 heavy (non-hydrogen) atoms. The lowest BCUT2D eigenvalue weighted by Gasteiger charge is -2.14. The fourth-order valence-corrected chi connectivity index (χ4v) is 2.06. The molecule has 1 saturated carbocycles. The first kappa shape index (κ1) is 10.6. The quantitative estimate of drug-likeness (QED) is 0.806. The van der Waals surface area contributed by atoms with E-state index < -0.39 is 11.6 Å². The van der Waals surface area contributed by atoms with Crippen molar-refractivity contribution >= 4 is 0 Å². The van der Waals surface area contributed by atoms with Crippen molar-refractivity contribution in [2.75, 3.05) is 13.6 Å². The van der Waals surface area contributed by atoms with Gasteiger partial charge in [-0.3, -0.25) is 0 Å². The van der Waals surface area contributed by atoms with E-state index in [1.165, 1.54) is 0 Å². The molecule has 1 aromatic carbocycles. The normalized spacial score (nSPS) is 17.8. The van der Waals surface area contributed by atoms with Crippen LogP contribution in [0.5, 0.6) is 0 Å². The van der Waals surface area contributed by atoms with Gasteiger partial charge in [-0.1, -0.05) is 12.1 Å². The predicted molar refractivity (Wildman–Crippen MR) is 55.7 cm³/mol. The van der Waals surface area contributed by atoms with Gasteiger partial charge < -0.3 is 5.32 Å². The largest absolute Gasteiger partial charge is 0.319 e. The van der Waals surface area contributed by atoms with Gasteiger partial charge in [0.2, 0.25) is 0 Å². The second-order valence-corrected chi connectivity index (χ2v) is 4.42. The number of nitrogens with one attached hydrogen (secondary N) is 1. The van der Waals surface area contributed by atoms with E-state index in [0.717, 1.165) is 25.5 Å². The summed E-state index contributed by atoms with van der Waals surface area (Å²) in [5.74, 6) is -1.42. The molecule has 0 aliphatic heterocycles. The summed E-state index contributed by atoms with van der Waals surface area (Å²) < 4.78 is 26.4. The minimum absolute atomic E-state index is 0.170. The van der Waals surface area contributed by atoms with Crippen LogP contribution in [-0.2, 0) is 6.42 Å². The molecule has 0 spiro atoms. The third kappa shape index (κ3) is 2.17. The summed E-state index contributed by atoms with van der Waals surface area (Å²) in [6.45, 7) is 0.878. The summed E-state index contributed by atoms with van der Waals surface area (Å²) in [5, 5.41) is 3.11. The van der Waals surface area contributed by atoms with Crippen molar-refractivity contribution in [2.45, 2.75) is 19.3 Å². The Balaban J connectivity index is 2.14. The molecule has 82 valence electrons. The summed E-state index contributed by atoms with van der Waals surface area (Å²) >= 11 is 0. The number of hydrogen-bond acceptors (Lipinski definition) is 1. The highest BCUT2D eigenvalue weighted by Gasteiger charge is 2.42. The Morgan fingerprint density at radius 3 is 2.67 bits per heavy atom. The third-order valence-corrected chi connectivity index (χ3v) is 3.11. The molecule has 0 bridgehead atoms. The molecule has 1 N–H and O–H groups in total. The zero-order valence-electron chi connectivity index (χ0n) is 8.82. The number of rotatable bonds is 4. The average molecular weight is 211 g/mol. The molecule has 3 heteroatoms. The van der Waals surface area contributed by atoms with Crippen molar-refractivity contribution < 1.29 is 8.78 Å². The van der Waals surface area contributed by atoms with Gasteiger partial charge in [-0.15, -0.1) is 0 Å². The zero-order valence-corrected chi connectivity index (χ0v) is 8.82. The zero-order chi connectivity index (χ0) is 10.9. The van der Waals surface area contributed by atoms with Crippen LogP contribution in [0.1, 0.15) is 18.4 Å². The first-order valence-corrected chi connectivity index (χ1v) is 5.24. The van der Waals surface area contributed by atoms with Gasteiger partial charge in [0.05, 0.1) is 0 Å². The van der Waals surface area contributed by atoms with Crippen LogP contribution in [0.2, 0.25) is 0 Å². The maximum absolute atomic E-state index is 13.4. The van der Waals surface area contributed by atoms with Gasteiger partial charge in [0.1, 0.15) is 0 Å². The van der Waals surface area contributed by atoms with Crippen LogP contribution in [0.25, 0.3) is 0 Å². The van der Waals surface area contributed by atoms with E-state index in [9.17, 15) is 8.78 Å². The molecular formula is C12H15F2N. The van der Waals surface area contributed by atoms with E-state index in [4.69, 9.17) is 0 Å². The van der Waals surface area contributed by atoms with Gasteiger partial charge in [0.15, 0.2) is 11.6 Å². The van der Waals surface area contributed by atoms with Gasteiger partial charge in [0.25, 0.3) is 0 Å². The van der Waals surface area contributed by atoms with E-state index in [2.05, 4.69) is 5.32 Å². The minimum Gasteiger partial charge on any atom is -0.319 e. The molecule has 0 saturated heterocycles. The highest BCUT2D eigenvalue weighted by Crippen LogP contribution is 2.48. The van der Waals surface area contributed by atoms with Crippen LogP contribution in [0, 0.1) is 17.0 Å². The smallest absolute Gasteiger partial charge is 0.162 e. The SMILES string of the molecule is CNCC1(Cc2cccc(F)c2F)CC1. The molecule has 1 nitrogen and oxygen atoms in total. The lowest BCUT2D eigenvalue weighted by Crippen LogP contribution is -2.22. The van der Waals surface area contributed by atoms with Gasteiger partial charge in [-0.25, -0.2) is 8.78 Å². The fraction of sp³-hybridized carbons (Fsp3) is 0.500. The number of hydrogen-bond donors (Lipinski definition) is 1. The van der Waals surface area contributed by atoms with Crippen molar-refractivity contribution in [3.8, 4) is 0 Å². The van der Waals surface area contributed by atoms with Gasteiger partial charge in [-0.05, 0) is 43.4 Å². The maximum Gasteiger partial charge on any atom is 0.162 e. The molecule has 1 aliphatic rings. The molecule has 1 aromatic rings. The van der Waals surface area contributed by atoms with Crippen molar-refractivity contribution in [3.63, 3.8) is 0 Å². The first-order valence-electron chi connectivity index (χ1n) is 5.24. The predicted octanol–water partition coefficient (Wildman–Crippen LogP) is 2.51. The van der Waals surface area contributed by atoms with Crippen LogP contribution in [0.15, 0.2) is 18.2 Å². The first-order chi connectivity index (χ1) is 7.17. The fourth-order valence-electron chi connectivity index (χ4n) is 2.06. The van der Waals surface area contributed by atoms with Gasteiger partial charge in [-0.2, -0.15) is 0 Å². The summed E-state index contributed by atoms with van der Waals surface area (Å²) in [4.78, 5) is 0. The molecule has 0 aromatic heterocycles. The molecule has 0 amide bonds. The summed E-state index contributed by atoms with van der Waals surface area (Å²) in [6.07, 6.45) is 2.84. The molecule has 1 fully saturated rings. The molecular weight excluding hydrogens is 196 g/mol. The van der Waals surface area contributed by atoms with Crippen molar-refractivity contribution in [2.24, 2.45) is 5.41 Å². The Labute approximate surface area is 88.5 Å². The van der Waals surface area contributed by atoms with Crippen molar-refractivity contribution in [1.82, 2.24) is 5.32 Å². The Bertz CT molecular complexity index is 359. The lowest BCUT2D eigenvalue weighted by atomic mass is 9.96. The molecule has 0 unspecified atom stereocenters. The number of benzene rings is 1. The Kier molecular flexibility index (Phi) is 2.74. The van der Waals surface area contributed by atoms with E-state index in [0.29, 0.717) is 12.0 Å². The van der Waals surface area contributed by atoms with E-state index in [1.54, 1.807) is 12.1 Å². The minimum atomic E-state index is -0.743. The van der Waals surface area contributed by atoms with Gasteiger partial charge >= 0.3 is 0 Å².